The van der Waals surface area contributed by atoms with Crippen molar-refractivity contribution >= 4 is 0 Å². The number of ether oxygens (including phenoxy) is 1. The zero-order chi connectivity index (χ0) is 13.1. The third-order valence-corrected chi connectivity index (χ3v) is 3.11. The summed E-state index contributed by atoms with van der Waals surface area (Å²) >= 11 is 0. The molecule has 1 aromatic carbocycles. The summed E-state index contributed by atoms with van der Waals surface area (Å²) in [7, 11) is 3.35. The Morgan fingerprint density at radius 1 is 1.39 bits per heavy atom. The van der Waals surface area contributed by atoms with Crippen LogP contribution in [0.25, 0.3) is 0 Å². The molecule has 0 aliphatic heterocycles. The van der Waals surface area contributed by atoms with Crippen LogP contribution in [-0.2, 0) is 7.05 Å². The summed E-state index contributed by atoms with van der Waals surface area (Å²) < 4.78 is 20.4. The molecule has 18 heavy (non-hydrogen) atoms. The first-order chi connectivity index (χ1) is 8.65. The highest BCUT2D eigenvalue weighted by molar-refractivity contribution is 5.35. The molecule has 2 aromatic rings. The second kappa shape index (κ2) is 5.21. The van der Waals surface area contributed by atoms with Crippen LogP contribution in [0, 0.1) is 5.82 Å². The van der Waals surface area contributed by atoms with E-state index in [0.717, 1.165) is 17.5 Å². The summed E-state index contributed by atoms with van der Waals surface area (Å²) in [4.78, 5) is 0. The molecular weight excluding hydrogens is 231 g/mol. The Kier molecular flexibility index (Phi) is 3.65. The molecule has 3 nitrogen and oxygen atoms in total. The van der Waals surface area contributed by atoms with E-state index in [-0.39, 0.29) is 17.5 Å². The number of hydrogen-bond donors (Lipinski definition) is 0. The lowest BCUT2D eigenvalue weighted by molar-refractivity contribution is 0.386. The summed E-state index contributed by atoms with van der Waals surface area (Å²) in [6, 6.07) is 5.12. The average Bonchev–Trinajstić information content (AvgIpc) is 2.77. The first-order valence-electron chi connectivity index (χ1n) is 5.97. The third kappa shape index (κ3) is 2.37. The van der Waals surface area contributed by atoms with E-state index >= 15 is 0 Å². The first-order valence-corrected chi connectivity index (χ1v) is 5.97. The van der Waals surface area contributed by atoms with Gasteiger partial charge in [0.2, 0.25) is 0 Å². The molecule has 0 amide bonds. The monoisotopic (exact) mass is 248 g/mol. The van der Waals surface area contributed by atoms with Gasteiger partial charge >= 0.3 is 0 Å². The van der Waals surface area contributed by atoms with Crippen molar-refractivity contribution in [2.45, 2.75) is 19.3 Å². The average molecular weight is 248 g/mol. The lowest BCUT2D eigenvalue weighted by Crippen LogP contribution is -2.00. The van der Waals surface area contributed by atoms with Gasteiger partial charge in [0.25, 0.3) is 0 Å². The Morgan fingerprint density at radius 3 is 2.67 bits per heavy atom. The molecule has 0 bridgehead atoms. The zero-order valence-corrected chi connectivity index (χ0v) is 10.9. The van der Waals surface area contributed by atoms with Gasteiger partial charge in [0, 0.05) is 19.2 Å². The number of nitrogens with zero attached hydrogens (tertiary/aromatic N) is 2. The summed E-state index contributed by atoms with van der Waals surface area (Å²) in [5.41, 5.74) is 2.05. The van der Waals surface area contributed by atoms with E-state index < -0.39 is 0 Å². The Morgan fingerprint density at radius 2 is 2.17 bits per heavy atom. The van der Waals surface area contributed by atoms with Crippen molar-refractivity contribution in [1.82, 2.24) is 9.78 Å². The van der Waals surface area contributed by atoms with Crippen molar-refractivity contribution in [3.8, 4) is 5.75 Å². The summed E-state index contributed by atoms with van der Waals surface area (Å²) in [6.45, 7) is 2.08. The molecule has 0 aliphatic rings. The second-order valence-corrected chi connectivity index (χ2v) is 4.30. The van der Waals surface area contributed by atoms with E-state index in [0.29, 0.717) is 0 Å². The van der Waals surface area contributed by atoms with Crippen molar-refractivity contribution in [2.75, 3.05) is 7.11 Å². The van der Waals surface area contributed by atoms with Crippen LogP contribution in [0.3, 0.4) is 0 Å². The number of halogens is 1. The minimum atomic E-state index is -0.322. The fourth-order valence-electron chi connectivity index (χ4n) is 2.18. The summed E-state index contributed by atoms with van der Waals surface area (Å²) in [6.07, 6.45) is 4.70. The highest BCUT2D eigenvalue weighted by atomic mass is 19.1. The standard InChI is InChI=1S/C14H17FN2O/c1-4-12(11-8-16-17(2)9-11)10-5-6-14(18-3)13(15)7-10/h5-9,12H,4H2,1-3H3/t12-/m0/s1. The number of aromatic nitrogens is 2. The van der Waals surface area contributed by atoms with Crippen molar-refractivity contribution in [3.05, 3.63) is 47.5 Å². The molecule has 0 spiro atoms. The van der Waals surface area contributed by atoms with Crippen molar-refractivity contribution in [3.63, 3.8) is 0 Å². The molecule has 1 aromatic heterocycles. The number of rotatable bonds is 4. The highest BCUT2D eigenvalue weighted by Crippen LogP contribution is 2.30. The Bertz CT molecular complexity index is 536. The van der Waals surface area contributed by atoms with E-state index in [9.17, 15) is 4.39 Å². The number of methoxy groups -OCH3 is 1. The molecule has 96 valence electrons. The Hall–Kier alpha value is -1.84. The van der Waals surface area contributed by atoms with E-state index in [1.807, 2.05) is 25.5 Å². The van der Waals surface area contributed by atoms with Crippen LogP contribution in [0.15, 0.2) is 30.6 Å². The molecule has 0 saturated carbocycles. The molecule has 0 saturated heterocycles. The van der Waals surface area contributed by atoms with E-state index in [4.69, 9.17) is 4.74 Å². The van der Waals surface area contributed by atoms with Gasteiger partial charge in [-0.25, -0.2) is 4.39 Å². The quantitative estimate of drug-likeness (QED) is 0.831. The predicted molar refractivity (Wildman–Crippen MR) is 68.3 cm³/mol. The smallest absolute Gasteiger partial charge is 0.165 e. The molecule has 0 radical (unpaired) electrons. The Balaban J connectivity index is 2.36. The molecule has 0 unspecified atom stereocenters. The molecule has 0 fully saturated rings. The normalized spacial score (nSPS) is 12.4. The minimum Gasteiger partial charge on any atom is -0.494 e. The van der Waals surface area contributed by atoms with E-state index in [1.165, 1.54) is 7.11 Å². The van der Waals surface area contributed by atoms with Crippen LogP contribution in [0.2, 0.25) is 0 Å². The number of benzene rings is 1. The van der Waals surface area contributed by atoms with Crippen LogP contribution >= 0.6 is 0 Å². The topological polar surface area (TPSA) is 27.1 Å². The maximum Gasteiger partial charge on any atom is 0.165 e. The summed E-state index contributed by atoms with van der Waals surface area (Å²) in [5, 5.41) is 4.17. The van der Waals surface area contributed by atoms with Crippen LogP contribution in [-0.4, -0.2) is 16.9 Å². The van der Waals surface area contributed by atoms with Gasteiger partial charge in [-0.05, 0) is 29.7 Å². The molecular formula is C14H17FN2O. The van der Waals surface area contributed by atoms with Crippen LogP contribution < -0.4 is 4.74 Å². The van der Waals surface area contributed by atoms with Gasteiger partial charge in [0.1, 0.15) is 0 Å². The lowest BCUT2D eigenvalue weighted by atomic mass is 9.91. The maximum atomic E-state index is 13.7. The largest absolute Gasteiger partial charge is 0.494 e. The van der Waals surface area contributed by atoms with Gasteiger partial charge in [-0.2, -0.15) is 5.10 Å². The van der Waals surface area contributed by atoms with Gasteiger partial charge in [0.15, 0.2) is 11.6 Å². The van der Waals surface area contributed by atoms with E-state index in [1.54, 1.807) is 16.8 Å². The van der Waals surface area contributed by atoms with Gasteiger partial charge < -0.3 is 4.74 Å². The van der Waals surface area contributed by atoms with Crippen LogP contribution in [0.1, 0.15) is 30.4 Å². The molecule has 1 heterocycles. The van der Waals surface area contributed by atoms with Crippen molar-refractivity contribution in [1.29, 1.82) is 0 Å². The SMILES string of the molecule is CC[C@@H](c1ccc(OC)c(F)c1)c1cnn(C)c1. The maximum absolute atomic E-state index is 13.7. The summed E-state index contributed by atoms with van der Waals surface area (Å²) in [5.74, 6) is 0.122. The second-order valence-electron chi connectivity index (χ2n) is 4.30. The van der Waals surface area contributed by atoms with Crippen molar-refractivity contribution in [2.24, 2.45) is 7.05 Å². The van der Waals surface area contributed by atoms with Crippen LogP contribution in [0.5, 0.6) is 5.75 Å². The molecule has 4 heteroatoms. The minimum absolute atomic E-state index is 0.166. The molecule has 0 aliphatic carbocycles. The Labute approximate surface area is 106 Å². The molecule has 2 rings (SSSR count). The fourth-order valence-corrected chi connectivity index (χ4v) is 2.18. The highest BCUT2D eigenvalue weighted by Gasteiger charge is 2.15. The van der Waals surface area contributed by atoms with Gasteiger partial charge in [-0.3, -0.25) is 4.68 Å². The lowest BCUT2D eigenvalue weighted by Gasteiger charge is -2.14. The van der Waals surface area contributed by atoms with Crippen molar-refractivity contribution < 1.29 is 9.13 Å². The molecule has 0 N–H and O–H groups in total. The van der Waals surface area contributed by atoms with Gasteiger partial charge in [-0.1, -0.05) is 13.0 Å². The number of aryl methyl sites for hydroxylation is 1. The predicted octanol–water partition coefficient (Wildman–Crippen LogP) is 3.11. The third-order valence-electron chi connectivity index (χ3n) is 3.11. The molecule has 1 atom stereocenters. The van der Waals surface area contributed by atoms with Gasteiger partial charge in [-0.15, -0.1) is 0 Å². The first kappa shape index (κ1) is 12.6. The van der Waals surface area contributed by atoms with Gasteiger partial charge in [0.05, 0.1) is 13.3 Å². The van der Waals surface area contributed by atoms with Crippen LogP contribution in [0.4, 0.5) is 4.39 Å². The van der Waals surface area contributed by atoms with E-state index in [2.05, 4.69) is 12.0 Å². The number of hydrogen-bond acceptors (Lipinski definition) is 2. The zero-order valence-electron chi connectivity index (χ0n) is 10.9. The fraction of sp³-hybridized carbons (Fsp3) is 0.357.